The van der Waals surface area contributed by atoms with Gasteiger partial charge in [0.25, 0.3) is 0 Å². The van der Waals surface area contributed by atoms with Gasteiger partial charge in [-0.3, -0.25) is 4.79 Å². The van der Waals surface area contributed by atoms with E-state index in [4.69, 9.17) is 4.74 Å². The summed E-state index contributed by atoms with van der Waals surface area (Å²) in [5.74, 6) is -1.20. The van der Waals surface area contributed by atoms with Crippen molar-refractivity contribution in [2.24, 2.45) is 16.2 Å². The molecule has 1 aliphatic heterocycles. The fourth-order valence-corrected chi connectivity index (χ4v) is 6.67. The maximum absolute atomic E-state index is 12.9. The Morgan fingerprint density at radius 3 is 1.57 bits per heavy atom. The second-order valence-electron chi connectivity index (χ2n) is 14.6. The predicted octanol–water partition coefficient (Wildman–Crippen LogP) is 7.95. The molecule has 0 amide bonds. The highest BCUT2D eigenvalue weighted by Gasteiger charge is 2.77. The zero-order valence-electron chi connectivity index (χ0n) is 28.2. The SMILES string of the molecule is CC(C=CC=C(C)C=CC(=O)C1(C)CC(O)CC1(C)C)=CC=CC=C(C)C=CC=C(C)C=CC12OC1(O)CC(O)CC2(C)C. The van der Waals surface area contributed by atoms with E-state index < -0.39 is 29.0 Å². The number of aliphatic hydroxyl groups is 3. The average molecular weight is 603 g/mol. The van der Waals surface area contributed by atoms with Crippen LogP contribution in [0.25, 0.3) is 0 Å². The lowest BCUT2D eigenvalue weighted by atomic mass is 9.66. The van der Waals surface area contributed by atoms with Gasteiger partial charge >= 0.3 is 0 Å². The molecule has 0 radical (unpaired) electrons. The van der Waals surface area contributed by atoms with Crippen LogP contribution >= 0.6 is 0 Å². The fourth-order valence-electron chi connectivity index (χ4n) is 6.67. The molecule has 3 aliphatic rings. The van der Waals surface area contributed by atoms with Gasteiger partial charge in [-0.05, 0) is 64.5 Å². The maximum Gasteiger partial charge on any atom is 0.203 e. The van der Waals surface area contributed by atoms with Crippen molar-refractivity contribution in [3.8, 4) is 0 Å². The number of allylic oxidation sites excluding steroid dienone is 17. The summed E-state index contributed by atoms with van der Waals surface area (Å²) in [6.07, 6.45) is 28.7. The van der Waals surface area contributed by atoms with E-state index in [0.717, 1.165) is 22.3 Å². The van der Waals surface area contributed by atoms with Crippen LogP contribution in [0.1, 0.15) is 88.0 Å². The molecule has 0 aromatic carbocycles. The van der Waals surface area contributed by atoms with Crippen LogP contribution in [-0.2, 0) is 9.53 Å². The van der Waals surface area contributed by atoms with Crippen molar-refractivity contribution in [2.75, 3.05) is 0 Å². The minimum Gasteiger partial charge on any atom is -0.393 e. The van der Waals surface area contributed by atoms with Crippen molar-refractivity contribution in [3.63, 3.8) is 0 Å². The standard InChI is InChI=1S/C39H54O5/c1-28(16-12-18-30(3)20-21-34(42)37(9)26-32(40)24-35(37,5)6)14-10-11-15-29(2)17-13-19-31(4)22-23-38-36(7,8)25-33(41)27-39(38,43)44-38/h10-23,32-33,40-41,43H,24-27H2,1-9H3. The number of hydrogen-bond donors (Lipinski definition) is 3. The molecule has 1 heterocycles. The number of hydrogen-bond acceptors (Lipinski definition) is 5. The van der Waals surface area contributed by atoms with Crippen LogP contribution in [0.15, 0.2) is 107 Å². The van der Waals surface area contributed by atoms with Gasteiger partial charge in [-0.25, -0.2) is 0 Å². The van der Waals surface area contributed by atoms with Crippen LogP contribution in [0, 0.1) is 16.2 Å². The van der Waals surface area contributed by atoms with Gasteiger partial charge in [-0.1, -0.05) is 130 Å². The van der Waals surface area contributed by atoms with Crippen molar-refractivity contribution >= 4 is 5.78 Å². The van der Waals surface area contributed by atoms with Crippen LogP contribution in [0.2, 0.25) is 0 Å². The van der Waals surface area contributed by atoms with Crippen molar-refractivity contribution in [1.29, 1.82) is 0 Å². The van der Waals surface area contributed by atoms with Gasteiger partial charge in [0.05, 0.1) is 12.2 Å². The minimum atomic E-state index is -1.28. The van der Waals surface area contributed by atoms with E-state index in [1.165, 1.54) is 0 Å². The molecule has 5 unspecified atom stereocenters. The monoisotopic (exact) mass is 602 g/mol. The summed E-state index contributed by atoms with van der Waals surface area (Å²) in [6, 6.07) is 0. The van der Waals surface area contributed by atoms with E-state index in [1.807, 2.05) is 127 Å². The highest BCUT2D eigenvalue weighted by atomic mass is 16.8. The average Bonchev–Trinajstić information content (AvgIpc) is 3.46. The minimum absolute atomic E-state index is 0.0749. The van der Waals surface area contributed by atoms with Crippen LogP contribution in [0.4, 0.5) is 0 Å². The molecule has 44 heavy (non-hydrogen) atoms. The molecule has 3 fully saturated rings. The van der Waals surface area contributed by atoms with Crippen LogP contribution < -0.4 is 0 Å². The first-order valence-corrected chi connectivity index (χ1v) is 15.8. The molecular formula is C39H54O5. The molecule has 3 N–H and O–H groups in total. The molecule has 0 spiro atoms. The lowest BCUT2D eigenvalue weighted by molar-refractivity contribution is -0.127. The Morgan fingerprint density at radius 1 is 0.614 bits per heavy atom. The van der Waals surface area contributed by atoms with Gasteiger partial charge in [-0.15, -0.1) is 0 Å². The zero-order valence-corrected chi connectivity index (χ0v) is 28.2. The number of fused-ring (bicyclic) bond motifs is 1. The van der Waals surface area contributed by atoms with Gasteiger partial charge in [0, 0.05) is 17.3 Å². The molecule has 3 rings (SSSR count). The molecule has 1 saturated heterocycles. The molecule has 0 bridgehead atoms. The number of carbonyl (C=O) groups excluding carboxylic acids is 1. The second kappa shape index (κ2) is 13.7. The van der Waals surface area contributed by atoms with Gasteiger partial charge < -0.3 is 20.1 Å². The van der Waals surface area contributed by atoms with E-state index in [2.05, 4.69) is 13.8 Å². The van der Waals surface area contributed by atoms with E-state index in [1.54, 1.807) is 6.08 Å². The van der Waals surface area contributed by atoms with Crippen molar-refractivity contribution in [2.45, 2.75) is 112 Å². The molecule has 2 saturated carbocycles. The molecule has 5 nitrogen and oxygen atoms in total. The third-order valence-electron chi connectivity index (χ3n) is 9.90. The Morgan fingerprint density at radius 2 is 1.07 bits per heavy atom. The number of carbonyl (C=O) groups is 1. The number of ketones is 1. The largest absolute Gasteiger partial charge is 0.393 e. The first-order valence-electron chi connectivity index (χ1n) is 15.8. The molecule has 0 aromatic rings. The number of aliphatic hydroxyl groups excluding tert-OH is 2. The Hall–Kier alpha value is -2.83. The highest BCUT2D eigenvalue weighted by molar-refractivity contribution is 5.95. The summed E-state index contributed by atoms with van der Waals surface area (Å²) in [4.78, 5) is 12.9. The van der Waals surface area contributed by atoms with Gasteiger partial charge in [-0.2, -0.15) is 0 Å². The van der Waals surface area contributed by atoms with Crippen LogP contribution in [0.5, 0.6) is 0 Å². The summed E-state index contributed by atoms with van der Waals surface area (Å²) in [5, 5.41) is 30.9. The molecule has 5 heteroatoms. The van der Waals surface area contributed by atoms with Crippen molar-refractivity contribution in [3.05, 3.63) is 107 Å². The van der Waals surface area contributed by atoms with Crippen LogP contribution in [0.3, 0.4) is 0 Å². The summed E-state index contributed by atoms with van der Waals surface area (Å²) >= 11 is 0. The highest BCUT2D eigenvalue weighted by Crippen LogP contribution is 2.64. The Bertz CT molecular complexity index is 1360. The quantitative estimate of drug-likeness (QED) is 0.127. The normalized spacial score (nSPS) is 34.7. The summed E-state index contributed by atoms with van der Waals surface area (Å²) in [6.45, 7) is 18.2. The third kappa shape index (κ3) is 8.06. The van der Waals surface area contributed by atoms with E-state index in [9.17, 15) is 20.1 Å². The molecule has 2 aliphatic carbocycles. The summed E-state index contributed by atoms with van der Waals surface area (Å²) in [5.41, 5.74) is 2.38. The summed E-state index contributed by atoms with van der Waals surface area (Å²) < 4.78 is 5.80. The van der Waals surface area contributed by atoms with Gasteiger partial charge in [0.2, 0.25) is 5.79 Å². The topological polar surface area (TPSA) is 90.3 Å². The molecule has 5 atom stereocenters. The summed E-state index contributed by atoms with van der Waals surface area (Å²) in [7, 11) is 0. The fraction of sp³-hybridized carbons (Fsp3) is 0.513. The Balaban J connectivity index is 1.48. The lowest BCUT2D eigenvalue weighted by Gasteiger charge is -2.37. The van der Waals surface area contributed by atoms with E-state index >= 15 is 0 Å². The molecule has 240 valence electrons. The maximum atomic E-state index is 12.9. The smallest absolute Gasteiger partial charge is 0.203 e. The number of ether oxygens (including phenoxy) is 1. The van der Waals surface area contributed by atoms with Crippen molar-refractivity contribution < 1.29 is 24.9 Å². The first-order chi connectivity index (χ1) is 20.4. The molecule has 0 aromatic heterocycles. The van der Waals surface area contributed by atoms with Gasteiger partial charge in [0.15, 0.2) is 5.78 Å². The Kier molecular flexibility index (Phi) is 11.1. The number of rotatable bonds is 11. The van der Waals surface area contributed by atoms with Crippen LogP contribution in [-0.4, -0.2) is 44.7 Å². The number of epoxide rings is 1. The van der Waals surface area contributed by atoms with Crippen molar-refractivity contribution in [1.82, 2.24) is 0 Å². The third-order valence-corrected chi connectivity index (χ3v) is 9.90. The van der Waals surface area contributed by atoms with Gasteiger partial charge in [0.1, 0.15) is 5.60 Å². The molecular weight excluding hydrogens is 548 g/mol. The lowest BCUT2D eigenvalue weighted by Crippen LogP contribution is -2.47. The van der Waals surface area contributed by atoms with E-state index in [-0.39, 0.29) is 23.0 Å². The Labute approximate surface area is 265 Å². The predicted molar refractivity (Wildman–Crippen MR) is 181 cm³/mol. The van der Waals surface area contributed by atoms with E-state index in [0.29, 0.717) is 19.3 Å². The zero-order chi connectivity index (χ0) is 33.0. The second-order valence-corrected chi connectivity index (χ2v) is 14.6. The first kappa shape index (κ1) is 35.6.